The number of ether oxygens (including phenoxy) is 10. The van der Waals surface area contributed by atoms with Crippen LogP contribution < -0.4 is 44.8 Å². The van der Waals surface area contributed by atoms with Gasteiger partial charge in [0, 0.05) is 106 Å². The highest BCUT2D eigenvalue weighted by Crippen LogP contribution is 2.48. The molecule has 12 atom stereocenters. The number of carboxylic acid groups (broad SMARTS) is 1. The number of esters is 3. The number of hydrogen-bond donors (Lipinski definition) is 4. The Hall–Kier alpha value is -13.0. The van der Waals surface area contributed by atoms with Gasteiger partial charge in [-0.05, 0) is 97.2 Å². The van der Waals surface area contributed by atoms with Crippen LogP contribution in [0.1, 0.15) is 80.1 Å². The number of carbonyl (C=O) groups excluding carboxylic acids is 8. The van der Waals surface area contributed by atoms with Gasteiger partial charge in [-0.15, -0.1) is 32.1 Å². The van der Waals surface area contributed by atoms with E-state index in [1.807, 2.05) is 164 Å². The minimum atomic E-state index is -1.18. The van der Waals surface area contributed by atoms with Crippen LogP contribution in [0.5, 0.6) is 34.5 Å². The molecule has 6 heterocycles. The number of carbonyl (C=O) groups is 9. The van der Waals surface area contributed by atoms with Gasteiger partial charge in [0.05, 0.1) is 94.4 Å². The first kappa shape index (κ1) is 93.7. The number of methoxy groups -OCH3 is 3. The number of hydrogen-bond acceptors (Lipinski definition) is 23. The molecule has 126 heavy (non-hydrogen) atoms. The van der Waals surface area contributed by atoms with Gasteiger partial charge in [0.2, 0.25) is 27.5 Å². The summed E-state index contributed by atoms with van der Waals surface area (Å²) in [4.78, 5) is 131. The molecule has 6 aliphatic rings. The molecule has 3 saturated heterocycles. The average Bonchev–Trinajstić information content (AvgIpc) is 1.57. The minimum absolute atomic E-state index is 0. The Kier molecular flexibility index (Phi) is 30.0. The molecule has 0 spiro atoms. The van der Waals surface area contributed by atoms with Gasteiger partial charge in [0.1, 0.15) is 93.2 Å². The summed E-state index contributed by atoms with van der Waals surface area (Å²) in [6.45, 7) is 22.6. The van der Waals surface area contributed by atoms with E-state index in [1.165, 1.54) is 14.7 Å². The standard InChI is InChI=1S/2C30H30BN3O6.C26H28N2O6.C8H13NO2.ClH/c2*1-4-19-16-30(19,28(36)39-5-2)33-27(35)25-14-21(17-34(25)29(31)37)40-26-15-23(18-9-7-6-8-10-18)32-24-13-20(38-3)11-12-22(24)26;1-26(2,3)34-25(31)28-15-18(13-22(28)24(29)30)33-23-14-20(16-8-6-5-7-9-16)27-21-12-17(32-4)10-11-19(21)23;1-3-6-5-8(6,9)7(10)11-4-2;/h2*4,6-13,15,19,21,25H,1,5,14,16-17H2,2-3H3,(H,33,35);5-12,14,18,22H,13,15H2,1-4H3,(H,29,30);3,6H,1,4-5,9H2,2H3;1H/t19?,21-,25+,30+;19?,21-,25+,30-;18-,22+;;/m111../s1. The molecule has 3 aliphatic heterocycles. The van der Waals surface area contributed by atoms with Crippen molar-refractivity contribution >= 4 is 114 Å². The van der Waals surface area contributed by atoms with E-state index in [-0.39, 0.29) is 88.2 Å². The number of halogens is 1. The van der Waals surface area contributed by atoms with E-state index in [1.54, 1.807) is 81.1 Å². The zero-order chi connectivity index (χ0) is 89.8. The predicted octanol–water partition coefficient (Wildman–Crippen LogP) is 12.9. The summed E-state index contributed by atoms with van der Waals surface area (Å²) < 4.78 is 55.9. The number of rotatable bonds is 26. The van der Waals surface area contributed by atoms with Gasteiger partial charge in [-0.3, -0.25) is 28.9 Å². The van der Waals surface area contributed by atoms with Crippen molar-refractivity contribution < 1.29 is 95.6 Å². The SMILES string of the molecule is C=CC1CC1(N)C(=O)OCC.COc1ccc2c(O[C@@H]3C[C@@H](C(=O)O)N(C(=O)OC(C)(C)C)C3)cc(-c3ccccc3)nc2c1.Cl.[B]C(=O)N1C[C@H](Oc2cc(-c3ccccc3)nc3cc(OC)ccc23)C[C@H]1C(=O)N[C@@]1(C(=O)OCC)CC1C=C.[B]C(=O)N1C[C@H](Oc2cc(-c3ccccc3)nc3cc(OC)ccc23)C[C@H]1C(=O)N[C@]1(C(=O)OCC)CC1C=C. The fourth-order valence-corrected chi connectivity index (χ4v) is 15.6. The summed E-state index contributed by atoms with van der Waals surface area (Å²) in [5, 5.41) is 17.6. The van der Waals surface area contributed by atoms with Crippen molar-refractivity contribution in [3.05, 3.63) is 202 Å². The maximum Gasteiger partial charge on any atom is 0.411 e. The molecule has 5 N–H and O–H groups in total. The summed E-state index contributed by atoms with van der Waals surface area (Å²) in [5.41, 5.74) is 8.74. The van der Waals surface area contributed by atoms with Crippen molar-refractivity contribution in [1.82, 2.24) is 40.3 Å². The number of pyridine rings is 3. The Balaban J connectivity index is 0.000000172. The molecule has 0 bridgehead atoms. The lowest BCUT2D eigenvalue weighted by molar-refractivity contribution is -0.150. The fourth-order valence-electron chi connectivity index (χ4n) is 15.6. The fraction of sp³-hybridized carbons (Fsp3) is 0.362. The van der Waals surface area contributed by atoms with E-state index in [9.17, 15) is 48.3 Å². The van der Waals surface area contributed by atoms with Crippen LogP contribution >= 0.6 is 12.4 Å². The molecule has 6 aromatic carbocycles. The van der Waals surface area contributed by atoms with Crippen LogP contribution in [0.3, 0.4) is 0 Å². The van der Waals surface area contributed by atoms with E-state index >= 15 is 0 Å². The van der Waals surface area contributed by atoms with Gasteiger partial charge in [-0.25, -0.2) is 34.1 Å². The molecule has 4 radical (unpaired) electrons. The number of aliphatic carboxylic acids is 1. The smallest absolute Gasteiger partial charge is 0.411 e. The molecule has 6 fully saturated rings. The van der Waals surface area contributed by atoms with Gasteiger partial charge in [-0.1, -0.05) is 109 Å². The third kappa shape index (κ3) is 21.3. The predicted molar refractivity (Wildman–Crippen MR) is 477 cm³/mol. The molecular formula is C94H102B2ClN9O20. The monoisotopic (exact) mass is 1730 g/mol. The summed E-state index contributed by atoms with van der Waals surface area (Å²) in [6, 6.07) is 48.3. The van der Waals surface area contributed by atoms with Crippen LogP contribution in [0.15, 0.2) is 202 Å². The number of nitrogens with one attached hydrogen (secondary N) is 2. The van der Waals surface area contributed by atoms with Crippen LogP contribution in [-0.4, -0.2) is 223 Å². The number of likely N-dealkylation sites (tertiary alicyclic amines) is 3. The van der Waals surface area contributed by atoms with Gasteiger partial charge >= 0.3 is 30.0 Å². The topological polar surface area (TPSA) is 365 Å². The van der Waals surface area contributed by atoms with Crippen molar-refractivity contribution in [2.24, 2.45) is 23.5 Å². The molecule has 5 amide bonds. The number of fused-ring (bicyclic) bond motifs is 3. The summed E-state index contributed by atoms with van der Waals surface area (Å²) >= 11 is 0. The first-order chi connectivity index (χ1) is 59.9. The Morgan fingerprint density at radius 2 is 0.802 bits per heavy atom. The van der Waals surface area contributed by atoms with Crippen molar-refractivity contribution in [1.29, 1.82) is 0 Å². The average molecular weight is 1730 g/mol. The van der Waals surface area contributed by atoms with E-state index in [0.717, 1.165) is 32.8 Å². The first-order valence-electron chi connectivity index (χ1n) is 41.2. The lowest BCUT2D eigenvalue weighted by atomic mass is 10.1. The van der Waals surface area contributed by atoms with Crippen LogP contribution in [0.2, 0.25) is 0 Å². The van der Waals surface area contributed by atoms with E-state index in [4.69, 9.17) is 83.7 Å². The quantitative estimate of drug-likeness (QED) is 0.0169. The largest absolute Gasteiger partial charge is 0.497 e. The lowest BCUT2D eigenvalue weighted by Crippen LogP contribution is -2.53. The number of benzene rings is 6. The number of carboxylic acids is 1. The molecule has 32 heteroatoms. The van der Waals surface area contributed by atoms with Crippen LogP contribution in [0.25, 0.3) is 66.5 Å². The normalized spacial score (nSPS) is 22.7. The maximum atomic E-state index is 13.4. The molecule has 29 nitrogen and oxygen atoms in total. The maximum absolute atomic E-state index is 13.4. The number of aromatic nitrogens is 3. The van der Waals surface area contributed by atoms with Crippen LogP contribution in [-0.2, 0) is 47.7 Å². The second kappa shape index (κ2) is 40.3. The molecule has 3 aliphatic carbocycles. The van der Waals surface area contributed by atoms with E-state index < -0.39 is 106 Å². The summed E-state index contributed by atoms with van der Waals surface area (Å²) in [6.07, 6.45) is 4.67. The second-order valence-electron chi connectivity index (χ2n) is 32.0. The minimum Gasteiger partial charge on any atom is -0.497 e. The highest BCUT2D eigenvalue weighted by atomic mass is 35.5. The van der Waals surface area contributed by atoms with E-state index in [0.29, 0.717) is 94.0 Å². The number of nitrogens with two attached hydrogens (primary N) is 1. The van der Waals surface area contributed by atoms with Gasteiger partial charge in [0.25, 0.3) is 0 Å². The van der Waals surface area contributed by atoms with Crippen molar-refractivity contribution in [3.8, 4) is 68.3 Å². The molecule has 3 saturated carbocycles. The number of amides is 5. The first-order valence-corrected chi connectivity index (χ1v) is 41.2. The van der Waals surface area contributed by atoms with Gasteiger partial charge < -0.3 is 78.6 Å². The zero-order valence-corrected chi connectivity index (χ0v) is 72.5. The van der Waals surface area contributed by atoms with Crippen molar-refractivity contribution in [3.63, 3.8) is 0 Å². The highest BCUT2D eigenvalue weighted by Gasteiger charge is 2.63. The lowest BCUT2D eigenvalue weighted by Gasteiger charge is -2.26. The van der Waals surface area contributed by atoms with Crippen LogP contribution in [0, 0.1) is 17.8 Å². The molecular weight excluding hydrogens is 1630 g/mol. The van der Waals surface area contributed by atoms with Crippen molar-refractivity contribution in [2.75, 3.05) is 60.8 Å². The third-order valence-corrected chi connectivity index (χ3v) is 22.5. The van der Waals surface area contributed by atoms with Gasteiger partial charge in [-0.2, -0.15) is 0 Å². The molecule has 15 rings (SSSR count). The van der Waals surface area contributed by atoms with Crippen molar-refractivity contribution in [2.45, 2.75) is 139 Å². The Morgan fingerprint density at radius 3 is 1.09 bits per heavy atom. The van der Waals surface area contributed by atoms with Gasteiger partial charge in [0.15, 0.2) is 11.6 Å². The zero-order valence-electron chi connectivity index (χ0n) is 71.7. The Bertz CT molecular complexity index is 5340. The second-order valence-corrected chi connectivity index (χ2v) is 32.0. The Labute approximate surface area is 739 Å². The molecule has 3 aromatic heterocycles. The van der Waals surface area contributed by atoms with E-state index in [2.05, 4.69) is 30.4 Å². The van der Waals surface area contributed by atoms with Crippen LogP contribution in [0.4, 0.5) is 14.4 Å². The summed E-state index contributed by atoms with van der Waals surface area (Å²) in [7, 11) is 16.1. The molecule has 656 valence electrons. The molecule has 4 unspecified atom stereocenters. The third-order valence-electron chi connectivity index (χ3n) is 22.5. The summed E-state index contributed by atoms with van der Waals surface area (Å²) in [5.74, 6) is -1.64. The molecule has 9 aromatic rings. The highest BCUT2D eigenvalue weighted by molar-refractivity contribution is 6.57. The Morgan fingerprint density at radius 1 is 0.476 bits per heavy atom. The number of nitrogens with zero attached hydrogens (tertiary/aromatic N) is 6.